The zero-order valence-electron chi connectivity index (χ0n) is 21.5. The molecule has 2 aliphatic rings. The lowest BCUT2D eigenvalue weighted by atomic mass is 9.69. The number of rotatable bonds is 14. The molecule has 0 N–H and O–H groups in total. The third-order valence-corrected chi connectivity index (χ3v) is 8.62. The van der Waals surface area contributed by atoms with Crippen molar-refractivity contribution in [2.45, 2.75) is 135 Å². The number of hydrogen-bond donors (Lipinski definition) is 0. The molecule has 2 atom stereocenters. The fourth-order valence-electron chi connectivity index (χ4n) is 6.46. The smallest absolute Gasteiger partial charge is 0.0131 e. The molecule has 1 fully saturated rings. The van der Waals surface area contributed by atoms with E-state index < -0.39 is 0 Å². The van der Waals surface area contributed by atoms with Gasteiger partial charge < -0.3 is 0 Å². The molecule has 0 spiro atoms. The Morgan fingerprint density at radius 1 is 0.719 bits per heavy atom. The van der Waals surface area contributed by atoms with Gasteiger partial charge in [0.05, 0.1) is 0 Å². The molecule has 2 aliphatic carbocycles. The summed E-state index contributed by atoms with van der Waals surface area (Å²) in [4.78, 5) is 0. The first kappa shape index (κ1) is 25.6. The van der Waals surface area contributed by atoms with Gasteiger partial charge >= 0.3 is 0 Å². The van der Waals surface area contributed by atoms with Crippen molar-refractivity contribution in [2.24, 2.45) is 17.8 Å². The summed E-state index contributed by atoms with van der Waals surface area (Å²) >= 11 is 0. The van der Waals surface area contributed by atoms with Crippen LogP contribution in [0.2, 0.25) is 0 Å². The fourth-order valence-corrected chi connectivity index (χ4v) is 6.46. The molecule has 0 amide bonds. The predicted octanol–water partition coefficient (Wildman–Crippen LogP) is 10.4. The van der Waals surface area contributed by atoms with Crippen molar-refractivity contribution in [3.8, 4) is 0 Å². The minimum atomic E-state index is 0.793. The van der Waals surface area contributed by atoms with Gasteiger partial charge in [-0.2, -0.15) is 0 Å². The van der Waals surface area contributed by atoms with Crippen LogP contribution >= 0.6 is 0 Å². The van der Waals surface area contributed by atoms with Crippen molar-refractivity contribution in [2.75, 3.05) is 0 Å². The lowest BCUT2D eigenvalue weighted by Crippen LogP contribution is -2.23. The molecule has 1 aromatic carbocycles. The molecular formula is C32H52. The monoisotopic (exact) mass is 436 g/mol. The number of allylic oxidation sites excluding steroid dienone is 2. The van der Waals surface area contributed by atoms with Gasteiger partial charge in [-0.1, -0.05) is 114 Å². The van der Waals surface area contributed by atoms with E-state index in [1.54, 1.807) is 11.1 Å². The fraction of sp³-hybridized carbons (Fsp3) is 0.750. The largest absolute Gasteiger partial charge is 0.0885 e. The van der Waals surface area contributed by atoms with Crippen molar-refractivity contribution < 1.29 is 0 Å². The molecule has 0 nitrogen and oxygen atoms in total. The average molecular weight is 437 g/mol. The Morgan fingerprint density at radius 2 is 1.44 bits per heavy atom. The molecule has 0 saturated heterocycles. The molecule has 32 heavy (non-hydrogen) atoms. The highest BCUT2D eigenvalue weighted by molar-refractivity contribution is 5.26. The van der Waals surface area contributed by atoms with Gasteiger partial charge in [-0.15, -0.1) is 0 Å². The molecule has 1 saturated carbocycles. The summed E-state index contributed by atoms with van der Waals surface area (Å²) in [6.07, 6.45) is 30.2. The first-order chi connectivity index (χ1) is 15.8. The lowest BCUT2D eigenvalue weighted by molar-refractivity contribution is 0.210. The van der Waals surface area contributed by atoms with Gasteiger partial charge in [-0.3, -0.25) is 0 Å². The van der Waals surface area contributed by atoms with Gasteiger partial charge in [0.1, 0.15) is 0 Å². The Bertz CT molecular complexity index is 616. The second kappa shape index (κ2) is 15.0. The standard InChI is InChI=1S/C32H52/c1-3-5-7-10-14-27-18-22-30(23-19-27)32(26-29-16-12-9-13-17-29)31-24-20-28(21-25-31)15-11-8-6-4-2/h9,12,18-19,22-23,28-29,31-32H,3-8,10-11,13-17,20-21,24-26H2,1-2H3. The van der Waals surface area contributed by atoms with Crippen molar-refractivity contribution in [3.05, 3.63) is 47.5 Å². The first-order valence-electron chi connectivity index (χ1n) is 14.5. The highest BCUT2D eigenvalue weighted by Crippen LogP contribution is 2.44. The molecule has 3 rings (SSSR count). The van der Waals surface area contributed by atoms with E-state index in [2.05, 4.69) is 50.3 Å². The summed E-state index contributed by atoms with van der Waals surface area (Å²) < 4.78 is 0. The minimum Gasteiger partial charge on any atom is -0.0885 e. The van der Waals surface area contributed by atoms with E-state index >= 15 is 0 Å². The van der Waals surface area contributed by atoms with Crippen LogP contribution in [0.15, 0.2) is 36.4 Å². The highest BCUT2D eigenvalue weighted by Gasteiger charge is 2.30. The van der Waals surface area contributed by atoms with Crippen molar-refractivity contribution >= 4 is 0 Å². The van der Waals surface area contributed by atoms with E-state index in [-0.39, 0.29) is 0 Å². The van der Waals surface area contributed by atoms with Crippen LogP contribution in [-0.4, -0.2) is 0 Å². The Labute approximate surface area is 200 Å². The van der Waals surface area contributed by atoms with Gasteiger partial charge in [0, 0.05) is 0 Å². The van der Waals surface area contributed by atoms with Gasteiger partial charge in [0.25, 0.3) is 0 Å². The van der Waals surface area contributed by atoms with Crippen LogP contribution in [0.3, 0.4) is 0 Å². The normalized spacial score (nSPS) is 24.5. The topological polar surface area (TPSA) is 0 Å². The van der Waals surface area contributed by atoms with Gasteiger partial charge in [0.2, 0.25) is 0 Å². The Hall–Kier alpha value is -1.04. The molecular weight excluding hydrogens is 384 g/mol. The van der Waals surface area contributed by atoms with Crippen molar-refractivity contribution in [1.82, 2.24) is 0 Å². The molecule has 0 bridgehead atoms. The van der Waals surface area contributed by atoms with E-state index in [9.17, 15) is 0 Å². The van der Waals surface area contributed by atoms with Crippen LogP contribution in [0.4, 0.5) is 0 Å². The Kier molecular flexibility index (Phi) is 12.0. The summed E-state index contributed by atoms with van der Waals surface area (Å²) in [6.45, 7) is 4.63. The van der Waals surface area contributed by atoms with E-state index in [0.717, 1.165) is 23.7 Å². The van der Waals surface area contributed by atoms with Crippen LogP contribution in [0.1, 0.15) is 140 Å². The Balaban J connectivity index is 1.57. The van der Waals surface area contributed by atoms with Crippen LogP contribution in [0.25, 0.3) is 0 Å². The number of aryl methyl sites for hydroxylation is 1. The summed E-state index contributed by atoms with van der Waals surface area (Å²) in [7, 11) is 0. The zero-order valence-corrected chi connectivity index (χ0v) is 21.5. The summed E-state index contributed by atoms with van der Waals surface area (Å²) in [5.41, 5.74) is 3.21. The summed E-state index contributed by atoms with van der Waals surface area (Å²) in [5, 5.41) is 0. The molecule has 2 unspecified atom stereocenters. The SMILES string of the molecule is CCCCCCc1ccc(C(CC2CC=CCC2)C2CCC(CCCCCC)CC2)cc1. The van der Waals surface area contributed by atoms with E-state index in [0.29, 0.717) is 0 Å². The number of unbranched alkanes of at least 4 members (excludes halogenated alkanes) is 6. The predicted molar refractivity (Wildman–Crippen MR) is 142 cm³/mol. The quantitative estimate of drug-likeness (QED) is 0.201. The van der Waals surface area contributed by atoms with Gasteiger partial charge in [-0.25, -0.2) is 0 Å². The average Bonchev–Trinajstić information content (AvgIpc) is 2.85. The molecule has 1 aromatic rings. The van der Waals surface area contributed by atoms with Crippen LogP contribution < -0.4 is 0 Å². The maximum absolute atomic E-state index is 2.52. The van der Waals surface area contributed by atoms with E-state index in [4.69, 9.17) is 0 Å². The maximum atomic E-state index is 2.52. The third-order valence-electron chi connectivity index (χ3n) is 8.62. The molecule has 0 radical (unpaired) electrons. The van der Waals surface area contributed by atoms with Crippen molar-refractivity contribution in [3.63, 3.8) is 0 Å². The molecule has 0 heterocycles. The number of benzene rings is 1. The lowest BCUT2D eigenvalue weighted by Gasteiger charge is -2.36. The molecule has 180 valence electrons. The molecule has 0 heteroatoms. The maximum Gasteiger partial charge on any atom is -0.0131 e. The highest BCUT2D eigenvalue weighted by atomic mass is 14.3. The van der Waals surface area contributed by atoms with Crippen LogP contribution in [-0.2, 0) is 6.42 Å². The van der Waals surface area contributed by atoms with E-state index in [1.807, 2.05) is 0 Å². The number of hydrogen-bond acceptors (Lipinski definition) is 0. The minimum absolute atomic E-state index is 0.793. The third kappa shape index (κ3) is 8.72. The Morgan fingerprint density at radius 3 is 2.09 bits per heavy atom. The molecule has 0 aromatic heterocycles. The van der Waals surface area contributed by atoms with Crippen molar-refractivity contribution in [1.29, 1.82) is 0 Å². The summed E-state index contributed by atoms with van der Waals surface area (Å²) in [5.74, 6) is 3.64. The first-order valence-corrected chi connectivity index (χ1v) is 14.5. The van der Waals surface area contributed by atoms with Gasteiger partial charge in [-0.05, 0) is 86.2 Å². The van der Waals surface area contributed by atoms with E-state index in [1.165, 1.54) is 116 Å². The van der Waals surface area contributed by atoms with Gasteiger partial charge in [0.15, 0.2) is 0 Å². The molecule has 0 aliphatic heterocycles. The second-order valence-corrected chi connectivity index (χ2v) is 11.2. The van der Waals surface area contributed by atoms with Crippen LogP contribution in [0.5, 0.6) is 0 Å². The van der Waals surface area contributed by atoms with Crippen LogP contribution in [0, 0.1) is 17.8 Å². The zero-order chi connectivity index (χ0) is 22.4. The summed E-state index contributed by atoms with van der Waals surface area (Å²) in [6, 6.07) is 9.98. The second-order valence-electron chi connectivity index (χ2n) is 11.2.